The van der Waals surface area contributed by atoms with E-state index in [-0.39, 0.29) is 0 Å². The molecule has 2 heterocycles. The van der Waals surface area contributed by atoms with Gasteiger partial charge in [0.15, 0.2) is 0 Å². The van der Waals surface area contributed by atoms with Crippen molar-refractivity contribution in [2.24, 2.45) is 0 Å². The van der Waals surface area contributed by atoms with Crippen LogP contribution in [0, 0.1) is 13.8 Å². The smallest absolute Gasteiger partial charge is 0.0641 e. The first-order chi connectivity index (χ1) is 8.22. The summed E-state index contributed by atoms with van der Waals surface area (Å²) in [6.07, 6.45) is 1.25. The molecular formula is C13H24N4. The van der Waals surface area contributed by atoms with Crippen molar-refractivity contribution in [2.45, 2.75) is 40.3 Å². The van der Waals surface area contributed by atoms with Gasteiger partial charge in [-0.15, -0.1) is 0 Å². The number of aryl methyl sites for hydroxylation is 2. The number of hydrogen-bond donors (Lipinski definition) is 1. The standard InChI is InChI=1S/C13H24N4/c1-4-17-12(3)13(11(2)15-17)10-16-8-5-6-14-7-9-16/h14H,4-10H2,1-3H3. The summed E-state index contributed by atoms with van der Waals surface area (Å²) in [5.41, 5.74) is 3.96. The highest BCUT2D eigenvalue weighted by molar-refractivity contribution is 5.24. The average molecular weight is 236 g/mol. The van der Waals surface area contributed by atoms with Crippen LogP contribution in [0.5, 0.6) is 0 Å². The Hall–Kier alpha value is -0.870. The minimum absolute atomic E-state index is 0.966. The number of nitrogens with one attached hydrogen (secondary N) is 1. The van der Waals surface area contributed by atoms with E-state index in [1.54, 1.807) is 0 Å². The van der Waals surface area contributed by atoms with E-state index >= 15 is 0 Å². The van der Waals surface area contributed by atoms with Crippen LogP contribution in [-0.4, -0.2) is 40.9 Å². The third-order valence-electron chi connectivity index (χ3n) is 3.65. The predicted molar refractivity (Wildman–Crippen MR) is 70.1 cm³/mol. The first-order valence-electron chi connectivity index (χ1n) is 6.68. The molecule has 0 spiro atoms. The van der Waals surface area contributed by atoms with Crippen molar-refractivity contribution in [3.8, 4) is 0 Å². The lowest BCUT2D eigenvalue weighted by molar-refractivity contribution is 0.283. The molecule has 1 aromatic heterocycles. The van der Waals surface area contributed by atoms with Crippen LogP contribution >= 0.6 is 0 Å². The second-order valence-corrected chi connectivity index (χ2v) is 4.84. The molecule has 0 radical (unpaired) electrons. The van der Waals surface area contributed by atoms with Gasteiger partial charge >= 0.3 is 0 Å². The second kappa shape index (κ2) is 5.65. The normalized spacial score (nSPS) is 18.3. The Morgan fingerprint density at radius 3 is 2.76 bits per heavy atom. The predicted octanol–water partition coefficient (Wildman–Crippen LogP) is 1.32. The zero-order chi connectivity index (χ0) is 12.3. The molecule has 1 N–H and O–H groups in total. The molecule has 4 nitrogen and oxygen atoms in total. The Labute approximate surface area is 104 Å². The van der Waals surface area contributed by atoms with E-state index in [0.717, 1.165) is 32.7 Å². The molecule has 1 fully saturated rings. The number of rotatable bonds is 3. The Bertz CT molecular complexity index is 362. The molecule has 0 amide bonds. The van der Waals surface area contributed by atoms with E-state index in [0.29, 0.717) is 0 Å². The Morgan fingerprint density at radius 2 is 2.06 bits per heavy atom. The third kappa shape index (κ3) is 2.87. The molecular weight excluding hydrogens is 212 g/mol. The fourth-order valence-corrected chi connectivity index (χ4v) is 2.55. The summed E-state index contributed by atoms with van der Waals surface area (Å²) in [6, 6.07) is 0. The Balaban J connectivity index is 2.09. The highest BCUT2D eigenvalue weighted by Crippen LogP contribution is 2.16. The average Bonchev–Trinajstić information content (AvgIpc) is 2.53. The molecule has 1 aromatic rings. The van der Waals surface area contributed by atoms with Crippen LogP contribution in [0.25, 0.3) is 0 Å². The van der Waals surface area contributed by atoms with Gasteiger partial charge in [-0.1, -0.05) is 0 Å². The number of aromatic nitrogens is 2. The number of nitrogens with zero attached hydrogens (tertiary/aromatic N) is 3. The Morgan fingerprint density at radius 1 is 1.24 bits per heavy atom. The molecule has 0 bridgehead atoms. The van der Waals surface area contributed by atoms with Crippen LogP contribution in [0.2, 0.25) is 0 Å². The Kier molecular flexibility index (Phi) is 4.18. The molecule has 4 heteroatoms. The van der Waals surface area contributed by atoms with E-state index in [9.17, 15) is 0 Å². The maximum absolute atomic E-state index is 4.59. The van der Waals surface area contributed by atoms with Crippen LogP contribution in [0.15, 0.2) is 0 Å². The summed E-state index contributed by atoms with van der Waals surface area (Å²) in [4.78, 5) is 2.54. The fraction of sp³-hybridized carbons (Fsp3) is 0.769. The molecule has 17 heavy (non-hydrogen) atoms. The van der Waals surface area contributed by atoms with Crippen molar-refractivity contribution in [1.82, 2.24) is 20.0 Å². The first-order valence-corrected chi connectivity index (χ1v) is 6.68. The van der Waals surface area contributed by atoms with Crippen molar-refractivity contribution in [3.05, 3.63) is 17.0 Å². The molecule has 0 saturated carbocycles. The van der Waals surface area contributed by atoms with E-state index in [1.165, 1.54) is 29.9 Å². The van der Waals surface area contributed by atoms with E-state index in [1.807, 2.05) is 0 Å². The van der Waals surface area contributed by atoms with Gasteiger partial charge in [-0.05, 0) is 40.3 Å². The molecule has 0 aromatic carbocycles. The topological polar surface area (TPSA) is 33.1 Å². The summed E-state index contributed by atoms with van der Waals surface area (Å²) < 4.78 is 2.11. The van der Waals surface area contributed by atoms with Crippen molar-refractivity contribution in [2.75, 3.05) is 26.2 Å². The van der Waals surface area contributed by atoms with Crippen LogP contribution < -0.4 is 5.32 Å². The molecule has 1 saturated heterocycles. The highest BCUT2D eigenvalue weighted by Gasteiger charge is 2.15. The maximum atomic E-state index is 4.59. The summed E-state index contributed by atoms with van der Waals surface area (Å²) in [5, 5.41) is 8.04. The van der Waals surface area contributed by atoms with Crippen LogP contribution in [0.3, 0.4) is 0 Å². The minimum Gasteiger partial charge on any atom is -0.315 e. The van der Waals surface area contributed by atoms with Crippen molar-refractivity contribution in [1.29, 1.82) is 0 Å². The molecule has 1 aliphatic rings. The molecule has 1 aliphatic heterocycles. The van der Waals surface area contributed by atoms with Gasteiger partial charge in [-0.3, -0.25) is 9.58 Å². The zero-order valence-corrected chi connectivity index (χ0v) is 11.3. The number of hydrogen-bond acceptors (Lipinski definition) is 3. The van der Waals surface area contributed by atoms with Gasteiger partial charge < -0.3 is 5.32 Å². The van der Waals surface area contributed by atoms with Crippen LogP contribution in [-0.2, 0) is 13.1 Å². The van der Waals surface area contributed by atoms with Crippen LogP contribution in [0.1, 0.15) is 30.3 Å². The quantitative estimate of drug-likeness (QED) is 0.859. The van der Waals surface area contributed by atoms with E-state index in [2.05, 4.69) is 40.8 Å². The van der Waals surface area contributed by atoms with E-state index < -0.39 is 0 Å². The van der Waals surface area contributed by atoms with Gasteiger partial charge in [0.05, 0.1) is 5.69 Å². The zero-order valence-electron chi connectivity index (χ0n) is 11.3. The van der Waals surface area contributed by atoms with Crippen molar-refractivity contribution >= 4 is 0 Å². The SMILES string of the molecule is CCn1nc(C)c(CN2CCCNCC2)c1C. The molecule has 0 aliphatic carbocycles. The van der Waals surface area contributed by atoms with E-state index in [4.69, 9.17) is 0 Å². The van der Waals surface area contributed by atoms with Crippen molar-refractivity contribution < 1.29 is 0 Å². The third-order valence-corrected chi connectivity index (χ3v) is 3.65. The second-order valence-electron chi connectivity index (χ2n) is 4.84. The van der Waals surface area contributed by atoms with Gasteiger partial charge in [-0.25, -0.2) is 0 Å². The van der Waals surface area contributed by atoms with Crippen LogP contribution in [0.4, 0.5) is 0 Å². The van der Waals surface area contributed by atoms with Gasteiger partial charge in [-0.2, -0.15) is 5.10 Å². The fourth-order valence-electron chi connectivity index (χ4n) is 2.55. The molecule has 2 rings (SSSR count). The highest BCUT2D eigenvalue weighted by atomic mass is 15.3. The van der Waals surface area contributed by atoms with Gasteiger partial charge in [0.1, 0.15) is 0 Å². The summed E-state index contributed by atoms with van der Waals surface area (Å²) in [6.45, 7) is 13.1. The molecule has 96 valence electrons. The summed E-state index contributed by atoms with van der Waals surface area (Å²) >= 11 is 0. The molecule has 0 unspecified atom stereocenters. The monoisotopic (exact) mass is 236 g/mol. The van der Waals surface area contributed by atoms with Gasteiger partial charge in [0.2, 0.25) is 0 Å². The lowest BCUT2D eigenvalue weighted by atomic mass is 10.2. The minimum atomic E-state index is 0.966. The van der Waals surface area contributed by atoms with Gasteiger partial charge in [0.25, 0.3) is 0 Å². The molecule has 0 atom stereocenters. The lowest BCUT2D eigenvalue weighted by Gasteiger charge is -2.19. The largest absolute Gasteiger partial charge is 0.315 e. The van der Waals surface area contributed by atoms with Crippen molar-refractivity contribution in [3.63, 3.8) is 0 Å². The lowest BCUT2D eigenvalue weighted by Crippen LogP contribution is -2.28. The summed E-state index contributed by atoms with van der Waals surface area (Å²) in [7, 11) is 0. The van der Waals surface area contributed by atoms with Gasteiger partial charge in [0, 0.05) is 37.4 Å². The summed E-state index contributed by atoms with van der Waals surface area (Å²) in [5.74, 6) is 0. The first kappa shape index (κ1) is 12.6. The maximum Gasteiger partial charge on any atom is 0.0641 e.